The van der Waals surface area contributed by atoms with Gasteiger partial charge in [-0.2, -0.15) is 0 Å². The van der Waals surface area contributed by atoms with Gasteiger partial charge >= 0.3 is 5.97 Å². The zero-order valence-electron chi connectivity index (χ0n) is 16.1. The fourth-order valence-corrected chi connectivity index (χ4v) is 2.66. The van der Waals surface area contributed by atoms with Crippen LogP contribution in [0.4, 0.5) is 0 Å². The Hall–Kier alpha value is -2.61. The minimum Gasteiger partial charge on any atom is -0.508 e. The smallest absolute Gasteiger partial charge is 0.328 e. The van der Waals surface area contributed by atoms with Crippen molar-refractivity contribution in [2.24, 2.45) is 5.92 Å². The number of carbonyl (C=O) groups excluding carboxylic acids is 3. The Morgan fingerprint density at radius 1 is 1.11 bits per heavy atom. The number of rotatable bonds is 9. The van der Waals surface area contributed by atoms with Crippen molar-refractivity contribution in [1.29, 1.82) is 0 Å². The molecule has 8 nitrogen and oxygen atoms in total. The zero-order valence-corrected chi connectivity index (χ0v) is 16.1. The van der Waals surface area contributed by atoms with E-state index in [2.05, 4.69) is 10.6 Å². The highest BCUT2D eigenvalue weighted by molar-refractivity contribution is 5.87. The SMILES string of the molecule is COC(=O)C(CC(C)C)NC(=O)[C@@H](O)[C@@H](Cc1ccc(O)cc1)NC(C)=O. The Morgan fingerprint density at radius 2 is 1.70 bits per heavy atom. The van der Waals surface area contributed by atoms with Gasteiger partial charge in [-0.15, -0.1) is 0 Å². The van der Waals surface area contributed by atoms with E-state index in [1.807, 2.05) is 13.8 Å². The molecule has 2 amide bonds. The lowest BCUT2D eigenvalue weighted by Gasteiger charge is -2.25. The lowest BCUT2D eigenvalue weighted by molar-refractivity contribution is -0.147. The minimum absolute atomic E-state index is 0.0859. The number of aliphatic hydroxyl groups excluding tert-OH is 1. The molecular weight excluding hydrogens is 352 g/mol. The molecule has 0 fully saturated rings. The van der Waals surface area contributed by atoms with E-state index in [0.29, 0.717) is 12.0 Å². The summed E-state index contributed by atoms with van der Waals surface area (Å²) in [6.07, 6.45) is -1.04. The van der Waals surface area contributed by atoms with E-state index in [0.717, 1.165) is 0 Å². The van der Waals surface area contributed by atoms with Gasteiger partial charge < -0.3 is 25.6 Å². The summed E-state index contributed by atoms with van der Waals surface area (Å²) in [6.45, 7) is 5.07. The summed E-state index contributed by atoms with van der Waals surface area (Å²) < 4.78 is 4.70. The monoisotopic (exact) mass is 380 g/mol. The van der Waals surface area contributed by atoms with Crippen LogP contribution >= 0.6 is 0 Å². The topological polar surface area (TPSA) is 125 Å². The van der Waals surface area contributed by atoms with Crippen LogP contribution in [-0.4, -0.2) is 53.3 Å². The second kappa shape index (κ2) is 10.5. The highest BCUT2D eigenvalue weighted by Gasteiger charge is 2.31. The number of nitrogens with one attached hydrogen (secondary N) is 2. The summed E-state index contributed by atoms with van der Waals surface area (Å²) in [6, 6.07) is 4.42. The van der Waals surface area contributed by atoms with Crippen molar-refractivity contribution in [3.8, 4) is 5.75 Å². The Labute approximate surface area is 158 Å². The number of ether oxygens (including phenoxy) is 1. The first-order valence-electron chi connectivity index (χ1n) is 8.75. The number of phenols is 1. The maximum Gasteiger partial charge on any atom is 0.328 e. The van der Waals surface area contributed by atoms with Crippen molar-refractivity contribution in [2.45, 2.75) is 51.8 Å². The first kappa shape index (κ1) is 22.4. The molecule has 1 unspecified atom stereocenters. The van der Waals surface area contributed by atoms with Crippen LogP contribution in [-0.2, 0) is 25.5 Å². The second-order valence-electron chi connectivity index (χ2n) is 6.84. The van der Waals surface area contributed by atoms with Crippen LogP contribution in [0, 0.1) is 5.92 Å². The summed E-state index contributed by atoms with van der Waals surface area (Å²) >= 11 is 0. The van der Waals surface area contributed by atoms with Crippen LogP contribution in [0.15, 0.2) is 24.3 Å². The van der Waals surface area contributed by atoms with Gasteiger partial charge in [0.25, 0.3) is 5.91 Å². The Balaban J connectivity index is 2.89. The molecule has 0 saturated carbocycles. The van der Waals surface area contributed by atoms with Crippen molar-refractivity contribution in [3.63, 3.8) is 0 Å². The third-order valence-electron chi connectivity index (χ3n) is 3.94. The maximum atomic E-state index is 12.5. The largest absolute Gasteiger partial charge is 0.508 e. The Morgan fingerprint density at radius 3 is 2.19 bits per heavy atom. The molecular formula is C19H28N2O6. The van der Waals surface area contributed by atoms with Crippen LogP contribution in [0.5, 0.6) is 5.75 Å². The predicted molar refractivity (Wildman–Crippen MR) is 98.8 cm³/mol. The molecule has 0 aliphatic heterocycles. The molecule has 1 aromatic carbocycles. The van der Waals surface area contributed by atoms with Gasteiger partial charge in [0.1, 0.15) is 11.8 Å². The number of aromatic hydroxyl groups is 1. The predicted octanol–water partition coefficient (Wildman–Crippen LogP) is 0.504. The van der Waals surface area contributed by atoms with E-state index in [-0.39, 0.29) is 18.1 Å². The van der Waals surface area contributed by atoms with Crippen LogP contribution in [0.1, 0.15) is 32.8 Å². The third-order valence-corrected chi connectivity index (χ3v) is 3.94. The van der Waals surface area contributed by atoms with Gasteiger partial charge in [-0.05, 0) is 36.5 Å². The molecule has 3 atom stereocenters. The van der Waals surface area contributed by atoms with Crippen molar-refractivity contribution >= 4 is 17.8 Å². The lowest BCUT2D eigenvalue weighted by Crippen LogP contribution is -2.54. The Kier molecular flexibility index (Phi) is 8.74. The summed E-state index contributed by atoms with van der Waals surface area (Å²) in [5.41, 5.74) is 0.713. The highest BCUT2D eigenvalue weighted by Crippen LogP contribution is 2.13. The third kappa shape index (κ3) is 7.65. The van der Waals surface area contributed by atoms with Gasteiger partial charge in [0.2, 0.25) is 5.91 Å². The van der Waals surface area contributed by atoms with Gasteiger partial charge in [-0.3, -0.25) is 9.59 Å². The average molecular weight is 380 g/mol. The van der Waals surface area contributed by atoms with E-state index in [1.54, 1.807) is 12.1 Å². The molecule has 0 aliphatic rings. The highest BCUT2D eigenvalue weighted by atomic mass is 16.5. The summed E-state index contributed by atoms with van der Waals surface area (Å²) in [5, 5.41) is 24.8. The van der Waals surface area contributed by atoms with E-state index >= 15 is 0 Å². The van der Waals surface area contributed by atoms with Crippen molar-refractivity contribution in [2.75, 3.05) is 7.11 Å². The number of phenolic OH excluding ortho intramolecular Hbond substituents is 1. The summed E-state index contributed by atoms with van der Waals surface area (Å²) in [7, 11) is 1.23. The molecule has 0 aromatic heterocycles. The van der Waals surface area contributed by atoms with Gasteiger partial charge in [0.15, 0.2) is 6.10 Å². The zero-order chi connectivity index (χ0) is 20.6. The average Bonchev–Trinajstić information content (AvgIpc) is 2.60. The summed E-state index contributed by atoms with van der Waals surface area (Å²) in [5.74, 6) is -1.57. The molecule has 1 rings (SSSR count). The fourth-order valence-electron chi connectivity index (χ4n) is 2.66. The Bertz CT molecular complexity index is 644. The maximum absolute atomic E-state index is 12.5. The molecule has 0 bridgehead atoms. The molecule has 1 aromatic rings. The van der Waals surface area contributed by atoms with Crippen LogP contribution in [0.2, 0.25) is 0 Å². The molecule has 4 N–H and O–H groups in total. The van der Waals surface area contributed by atoms with Crippen LogP contribution in [0.25, 0.3) is 0 Å². The number of hydrogen-bond acceptors (Lipinski definition) is 6. The van der Waals surface area contributed by atoms with E-state index in [1.165, 1.54) is 26.2 Å². The van der Waals surface area contributed by atoms with Gasteiger partial charge in [0, 0.05) is 6.92 Å². The fraction of sp³-hybridized carbons (Fsp3) is 0.526. The van der Waals surface area contributed by atoms with Crippen LogP contribution in [0.3, 0.4) is 0 Å². The van der Waals surface area contributed by atoms with E-state index in [4.69, 9.17) is 4.74 Å². The molecule has 0 aliphatic carbocycles. The molecule has 0 heterocycles. The molecule has 0 spiro atoms. The normalized spacial score (nSPS) is 14.1. The minimum atomic E-state index is -1.57. The first-order valence-corrected chi connectivity index (χ1v) is 8.75. The number of methoxy groups -OCH3 is 1. The van der Waals surface area contributed by atoms with Crippen molar-refractivity contribution in [3.05, 3.63) is 29.8 Å². The van der Waals surface area contributed by atoms with Crippen LogP contribution < -0.4 is 10.6 Å². The summed E-state index contributed by atoms with van der Waals surface area (Å²) in [4.78, 5) is 35.8. The van der Waals surface area contributed by atoms with Crippen molar-refractivity contribution < 1.29 is 29.3 Å². The number of hydrogen-bond donors (Lipinski definition) is 4. The second-order valence-corrected chi connectivity index (χ2v) is 6.84. The van der Waals surface area contributed by atoms with Gasteiger partial charge in [-0.25, -0.2) is 4.79 Å². The molecule has 0 radical (unpaired) electrons. The number of esters is 1. The molecule has 8 heteroatoms. The number of benzene rings is 1. The van der Waals surface area contributed by atoms with E-state index in [9.17, 15) is 24.6 Å². The number of carbonyl (C=O) groups is 3. The standard InChI is InChI=1S/C19H28N2O6/c1-11(2)9-16(19(26)27-4)21-18(25)17(24)15(20-12(3)22)10-13-5-7-14(23)8-6-13/h5-8,11,15-17,23-24H,9-10H2,1-4H3,(H,20,22)(H,21,25)/t15-,16?,17+/m1/s1. The first-order chi connectivity index (χ1) is 12.6. The van der Waals surface area contributed by atoms with Gasteiger partial charge in [0.05, 0.1) is 13.2 Å². The molecule has 150 valence electrons. The van der Waals surface area contributed by atoms with Gasteiger partial charge in [-0.1, -0.05) is 26.0 Å². The lowest BCUT2D eigenvalue weighted by atomic mass is 9.99. The molecule has 0 saturated heterocycles. The number of aliphatic hydroxyl groups is 1. The number of amides is 2. The van der Waals surface area contributed by atoms with Crippen molar-refractivity contribution in [1.82, 2.24) is 10.6 Å². The van der Waals surface area contributed by atoms with E-state index < -0.39 is 36.0 Å². The quantitative estimate of drug-likeness (QED) is 0.463. The molecule has 27 heavy (non-hydrogen) atoms.